The number of aromatic nitrogens is 1. The van der Waals surface area contributed by atoms with Gasteiger partial charge in [0.2, 0.25) is 5.78 Å². The first-order chi connectivity index (χ1) is 16.3. The number of carbonyl (C=O) groups is 2. The maximum absolute atomic E-state index is 13.4. The van der Waals surface area contributed by atoms with Gasteiger partial charge >= 0.3 is 5.97 Å². The third kappa shape index (κ3) is 4.88. The van der Waals surface area contributed by atoms with E-state index >= 15 is 0 Å². The van der Waals surface area contributed by atoms with Crippen molar-refractivity contribution in [1.29, 1.82) is 0 Å². The van der Waals surface area contributed by atoms with Gasteiger partial charge in [0.1, 0.15) is 17.2 Å². The van der Waals surface area contributed by atoms with Crippen LogP contribution in [0.2, 0.25) is 10.0 Å². The molecule has 1 aromatic heterocycles. The van der Waals surface area contributed by atoms with E-state index in [-0.39, 0.29) is 22.6 Å². The van der Waals surface area contributed by atoms with Crippen LogP contribution in [-0.4, -0.2) is 28.9 Å². The zero-order chi connectivity index (χ0) is 24.2. The number of hydrogen-bond acceptors (Lipinski definition) is 5. The Balaban J connectivity index is 1.68. The molecule has 1 N–H and O–H groups in total. The van der Waals surface area contributed by atoms with E-state index < -0.39 is 11.8 Å². The fourth-order valence-electron chi connectivity index (χ4n) is 3.34. The lowest BCUT2D eigenvalue weighted by Crippen LogP contribution is -2.14. The van der Waals surface area contributed by atoms with Crippen LogP contribution in [0.4, 0.5) is 11.4 Å². The van der Waals surface area contributed by atoms with Crippen LogP contribution < -0.4 is 9.64 Å². The van der Waals surface area contributed by atoms with Gasteiger partial charge in [-0.05, 0) is 60.7 Å². The van der Waals surface area contributed by atoms with Crippen LogP contribution in [0.1, 0.15) is 26.4 Å². The number of halogens is 2. The van der Waals surface area contributed by atoms with E-state index in [2.05, 4.69) is 4.98 Å². The highest BCUT2D eigenvalue weighted by atomic mass is 35.5. The number of rotatable bonds is 7. The number of para-hydroxylation sites is 1. The monoisotopic (exact) mass is 492 g/mol. The van der Waals surface area contributed by atoms with Gasteiger partial charge in [0.05, 0.1) is 28.0 Å². The number of carbonyl (C=O) groups excluding carboxylic acids is 1. The summed E-state index contributed by atoms with van der Waals surface area (Å²) in [6.45, 7) is 0. The van der Waals surface area contributed by atoms with Gasteiger partial charge < -0.3 is 14.7 Å². The molecule has 0 bridgehead atoms. The average molecular weight is 493 g/mol. The zero-order valence-corrected chi connectivity index (χ0v) is 19.4. The SMILES string of the molecule is CN(c1ccc(Cl)cc1)c1ccc(C(=O)c2c(Oc3ccccc3Cl)cccc2C(=O)O)nc1. The van der Waals surface area contributed by atoms with Gasteiger partial charge in [-0.3, -0.25) is 9.78 Å². The molecule has 0 atom stereocenters. The fraction of sp³-hybridized carbons (Fsp3) is 0.0385. The number of aromatic carboxylic acids is 1. The molecule has 0 saturated heterocycles. The zero-order valence-electron chi connectivity index (χ0n) is 17.9. The van der Waals surface area contributed by atoms with Crippen LogP contribution in [0.25, 0.3) is 0 Å². The van der Waals surface area contributed by atoms with Crippen molar-refractivity contribution in [2.75, 3.05) is 11.9 Å². The van der Waals surface area contributed by atoms with E-state index in [0.29, 0.717) is 15.8 Å². The summed E-state index contributed by atoms with van der Waals surface area (Å²) in [5, 5.41) is 10.7. The van der Waals surface area contributed by atoms with Crippen molar-refractivity contribution >= 4 is 46.3 Å². The molecule has 0 aliphatic rings. The Morgan fingerprint density at radius 1 is 0.853 bits per heavy atom. The fourth-order valence-corrected chi connectivity index (χ4v) is 3.64. The number of hydrogen-bond donors (Lipinski definition) is 1. The van der Waals surface area contributed by atoms with Crippen LogP contribution in [-0.2, 0) is 0 Å². The molecule has 1 heterocycles. The van der Waals surface area contributed by atoms with Crippen LogP contribution in [0.3, 0.4) is 0 Å². The van der Waals surface area contributed by atoms with E-state index in [1.807, 2.05) is 24.1 Å². The molecule has 0 fully saturated rings. The minimum absolute atomic E-state index is 0.0714. The maximum atomic E-state index is 13.4. The summed E-state index contributed by atoms with van der Waals surface area (Å²) in [7, 11) is 1.86. The molecule has 0 saturated carbocycles. The molecule has 8 heteroatoms. The first-order valence-electron chi connectivity index (χ1n) is 10.1. The lowest BCUT2D eigenvalue weighted by molar-refractivity contribution is 0.0692. The van der Waals surface area contributed by atoms with E-state index in [4.69, 9.17) is 27.9 Å². The molecule has 6 nitrogen and oxygen atoms in total. The lowest BCUT2D eigenvalue weighted by Gasteiger charge is -2.19. The second-order valence-corrected chi connectivity index (χ2v) is 8.13. The largest absolute Gasteiger partial charge is 0.478 e. The predicted molar refractivity (Wildman–Crippen MR) is 132 cm³/mol. The average Bonchev–Trinajstić information content (AvgIpc) is 2.85. The molecular formula is C26H18Cl2N2O4. The maximum Gasteiger partial charge on any atom is 0.336 e. The summed E-state index contributed by atoms with van der Waals surface area (Å²) in [4.78, 5) is 31.4. The van der Waals surface area contributed by atoms with Crippen LogP contribution in [0.5, 0.6) is 11.5 Å². The second-order valence-electron chi connectivity index (χ2n) is 7.28. The molecule has 0 spiro atoms. The Hall–Kier alpha value is -3.87. The number of ether oxygens (including phenoxy) is 1. The molecule has 34 heavy (non-hydrogen) atoms. The topological polar surface area (TPSA) is 79.7 Å². The van der Waals surface area contributed by atoms with E-state index in [1.165, 1.54) is 18.2 Å². The predicted octanol–water partition coefficient (Wildman–Crippen LogP) is 6.88. The molecule has 4 rings (SSSR count). The van der Waals surface area contributed by atoms with Crippen molar-refractivity contribution < 1.29 is 19.4 Å². The normalized spacial score (nSPS) is 10.6. The Bertz CT molecular complexity index is 1360. The Labute approximate surface area is 206 Å². The highest BCUT2D eigenvalue weighted by Crippen LogP contribution is 2.34. The summed E-state index contributed by atoms with van der Waals surface area (Å²) in [6, 6.07) is 21.7. The van der Waals surface area contributed by atoms with E-state index in [9.17, 15) is 14.7 Å². The van der Waals surface area contributed by atoms with Crippen molar-refractivity contribution in [3.8, 4) is 11.5 Å². The standard InChI is InChI=1S/C26H18Cl2N2O4/c1-30(17-11-9-16(27)10-12-17)18-13-14-21(29-15-18)25(31)24-19(26(32)33)5-4-8-23(24)34-22-7-3-2-6-20(22)28/h2-15H,1H3,(H,32,33). The summed E-state index contributed by atoms with van der Waals surface area (Å²) in [6.07, 6.45) is 1.54. The van der Waals surface area contributed by atoms with Crippen molar-refractivity contribution in [1.82, 2.24) is 4.98 Å². The number of nitrogens with zero attached hydrogens (tertiary/aromatic N) is 2. The first kappa shape index (κ1) is 23.3. The number of pyridine rings is 1. The summed E-state index contributed by atoms with van der Waals surface area (Å²) < 4.78 is 5.84. The highest BCUT2D eigenvalue weighted by molar-refractivity contribution is 6.32. The van der Waals surface area contributed by atoms with Gasteiger partial charge in [0.25, 0.3) is 0 Å². The summed E-state index contributed by atoms with van der Waals surface area (Å²) >= 11 is 12.1. The first-order valence-corrected chi connectivity index (χ1v) is 10.9. The molecule has 0 aliphatic carbocycles. The van der Waals surface area contributed by atoms with Crippen molar-refractivity contribution in [3.05, 3.63) is 112 Å². The van der Waals surface area contributed by atoms with Crippen LogP contribution in [0.15, 0.2) is 85.1 Å². The Morgan fingerprint density at radius 3 is 2.18 bits per heavy atom. The molecule has 0 aliphatic heterocycles. The second kappa shape index (κ2) is 9.95. The van der Waals surface area contributed by atoms with Crippen molar-refractivity contribution in [2.45, 2.75) is 0 Å². The molecule has 0 radical (unpaired) electrons. The van der Waals surface area contributed by atoms with Gasteiger partial charge in [-0.1, -0.05) is 41.4 Å². The highest BCUT2D eigenvalue weighted by Gasteiger charge is 2.24. The summed E-state index contributed by atoms with van der Waals surface area (Å²) in [5.41, 5.74) is 1.39. The van der Waals surface area contributed by atoms with Crippen molar-refractivity contribution in [3.63, 3.8) is 0 Å². The van der Waals surface area contributed by atoms with Crippen molar-refractivity contribution in [2.24, 2.45) is 0 Å². The van der Waals surface area contributed by atoms with Gasteiger partial charge in [-0.25, -0.2) is 4.79 Å². The van der Waals surface area contributed by atoms with Gasteiger partial charge in [0, 0.05) is 17.8 Å². The van der Waals surface area contributed by atoms with E-state index in [1.54, 1.807) is 54.7 Å². The molecule has 0 unspecified atom stereocenters. The van der Waals surface area contributed by atoms with Crippen LogP contribution in [0, 0.1) is 0 Å². The number of ketones is 1. The number of anilines is 2. The third-order valence-corrected chi connectivity index (χ3v) is 5.69. The third-order valence-electron chi connectivity index (χ3n) is 5.12. The van der Waals surface area contributed by atoms with Crippen LogP contribution >= 0.6 is 23.2 Å². The van der Waals surface area contributed by atoms with Gasteiger partial charge in [-0.15, -0.1) is 0 Å². The molecule has 170 valence electrons. The molecule has 3 aromatic carbocycles. The summed E-state index contributed by atoms with van der Waals surface area (Å²) in [5.74, 6) is -1.47. The molecule has 0 amide bonds. The van der Waals surface area contributed by atoms with Gasteiger partial charge in [0.15, 0.2) is 0 Å². The Kier molecular flexibility index (Phi) is 6.82. The quantitative estimate of drug-likeness (QED) is 0.283. The lowest BCUT2D eigenvalue weighted by atomic mass is 9.99. The number of carboxylic acids is 1. The number of carboxylic acid groups (broad SMARTS) is 1. The molecule has 4 aromatic rings. The minimum Gasteiger partial charge on any atom is -0.478 e. The smallest absolute Gasteiger partial charge is 0.336 e. The minimum atomic E-state index is -1.26. The van der Waals surface area contributed by atoms with Gasteiger partial charge in [-0.2, -0.15) is 0 Å². The Morgan fingerprint density at radius 2 is 1.53 bits per heavy atom. The number of benzene rings is 3. The molecular weight excluding hydrogens is 475 g/mol. The van der Waals surface area contributed by atoms with E-state index in [0.717, 1.165) is 11.4 Å².